The molecule has 2 aliphatic rings. The molecule has 2 aliphatic heterocycles. The van der Waals surface area contributed by atoms with Crippen molar-refractivity contribution in [2.75, 3.05) is 39.3 Å². The molecule has 0 bridgehead atoms. The van der Waals surface area contributed by atoms with Crippen molar-refractivity contribution in [1.82, 2.24) is 9.80 Å². The summed E-state index contributed by atoms with van der Waals surface area (Å²) in [5.74, 6) is 1.43. The predicted molar refractivity (Wildman–Crippen MR) is 143 cm³/mol. The van der Waals surface area contributed by atoms with Crippen molar-refractivity contribution in [3.63, 3.8) is 0 Å². The fourth-order valence-electron chi connectivity index (χ4n) is 4.12. The van der Waals surface area contributed by atoms with Gasteiger partial charge in [-0.3, -0.25) is 9.79 Å². The zero-order valence-corrected chi connectivity index (χ0v) is 23.4. The van der Waals surface area contributed by atoms with Crippen LogP contribution in [0.15, 0.2) is 37.8 Å². The average Bonchev–Trinajstić information content (AvgIpc) is 3.29. The van der Waals surface area contributed by atoms with E-state index in [4.69, 9.17) is 4.74 Å². The highest BCUT2D eigenvalue weighted by Crippen LogP contribution is 2.22. The Hall–Kier alpha value is -1.22. The molecule has 0 aromatic heterocycles. The average molecular weight is 574 g/mol. The predicted octanol–water partition coefficient (Wildman–Crippen LogP) is 6.06. The number of allylic oxidation sites excluding steroid dienone is 4. The van der Waals surface area contributed by atoms with Gasteiger partial charge in [-0.25, -0.2) is 4.39 Å². The number of nitrogens with zero attached hydrogens (tertiary/aromatic N) is 3. The van der Waals surface area contributed by atoms with Crippen LogP contribution in [0.25, 0.3) is 0 Å². The first kappa shape index (κ1) is 28.0. The summed E-state index contributed by atoms with van der Waals surface area (Å²) in [7, 11) is 0. The number of hydrogen-bond acceptors (Lipinski definition) is 4. The van der Waals surface area contributed by atoms with E-state index in [9.17, 15) is 9.18 Å². The molecule has 0 aromatic rings. The van der Waals surface area contributed by atoms with E-state index < -0.39 is 5.67 Å². The molecular weight excluding hydrogens is 532 g/mol. The first-order chi connectivity index (χ1) is 15.5. The SMILES string of the molecule is CC(=C(I)\C=C(/C)C(=O)N1CCCC1)/C(C)=N/C=C(\C)OCC1CCN(CC(C)(C)F)CC1. The third-order valence-electron chi connectivity index (χ3n) is 6.27. The molecule has 2 heterocycles. The van der Waals surface area contributed by atoms with Gasteiger partial charge in [-0.15, -0.1) is 0 Å². The fraction of sp³-hybridized carbons (Fsp3) is 0.692. The Morgan fingerprint density at radius 1 is 1.12 bits per heavy atom. The van der Waals surface area contributed by atoms with Gasteiger partial charge in [0.1, 0.15) is 11.4 Å². The number of alkyl halides is 1. The fourth-order valence-corrected chi connectivity index (χ4v) is 4.97. The lowest BCUT2D eigenvalue weighted by molar-refractivity contribution is -0.126. The smallest absolute Gasteiger partial charge is 0.249 e. The van der Waals surface area contributed by atoms with E-state index in [-0.39, 0.29) is 5.91 Å². The van der Waals surface area contributed by atoms with Gasteiger partial charge in [0.15, 0.2) is 0 Å². The van der Waals surface area contributed by atoms with Gasteiger partial charge in [0.05, 0.1) is 12.8 Å². The molecule has 2 saturated heterocycles. The van der Waals surface area contributed by atoms with Gasteiger partial charge >= 0.3 is 0 Å². The highest BCUT2D eigenvalue weighted by molar-refractivity contribution is 14.1. The Morgan fingerprint density at radius 3 is 2.30 bits per heavy atom. The Bertz CT molecular complexity index is 797. The summed E-state index contributed by atoms with van der Waals surface area (Å²) in [5, 5.41) is 0. The number of amides is 1. The lowest BCUT2D eigenvalue weighted by Gasteiger charge is -2.34. The van der Waals surface area contributed by atoms with Crippen LogP contribution in [0.5, 0.6) is 0 Å². The van der Waals surface area contributed by atoms with E-state index in [1.165, 1.54) is 0 Å². The van der Waals surface area contributed by atoms with Gasteiger partial charge in [0.25, 0.3) is 0 Å². The lowest BCUT2D eigenvalue weighted by Crippen LogP contribution is -2.41. The van der Waals surface area contributed by atoms with Crippen molar-refractivity contribution in [1.29, 1.82) is 0 Å². The maximum atomic E-state index is 13.8. The van der Waals surface area contributed by atoms with Crippen molar-refractivity contribution >= 4 is 34.2 Å². The molecule has 2 fully saturated rings. The van der Waals surface area contributed by atoms with Gasteiger partial charge < -0.3 is 14.5 Å². The second-order valence-electron chi connectivity index (χ2n) is 10.0. The minimum absolute atomic E-state index is 0.132. The molecular formula is C26H41FIN3O2. The number of piperidine rings is 1. The van der Waals surface area contributed by atoms with E-state index in [1.807, 2.05) is 38.7 Å². The van der Waals surface area contributed by atoms with Crippen LogP contribution in [0.3, 0.4) is 0 Å². The maximum Gasteiger partial charge on any atom is 0.249 e. The Morgan fingerprint density at radius 2 is 1.73 bits per heavy atom. The van der Waals surface area contributed by atoms with Crippen LogP contribution in [-0.2, 0) is 9.53 Å². The van der Waals surface area contributed by atoms with Crippen LogP contribution in [0.2, 0.25) is 0 Å². The van der Waals surface area contributed by atoms with Crippen molar-refractivity contribution in [3.05, 3.63) is 32.8 Å². The van der Waals surface area contributed by atoms with E-state index >= 15 is 0 Å². The van der Waals surface area contributed by atoms with Gasteiger partial charge in [-0.1, -0.05) is 0 Å². The second-order valence-corrected chi connectivity index (χ2v) is 11.2. The Kier molecular flexibility index (Phi) is 11.1. The number of likely N-dealkylation sites (tertiary alicyclic amines) is 2. The molecule has 5 nitrogen and oxygen atoms in total. The summed E-state index contributed by atoms with van der Waals surface area (Å²) in [4.78, 5) is 21.2. The number of rotatable bonds is 9. The second kappa shape index (κ2) is 13.0. The van der Waals surface area contributed by atoms with Crippen LogP contribution in [0.1, 0.15) is 67.2 Å². The minimum atomic E-state index is -1.14. The van der Waals surface area contributed by atoms with Crippen LogP contribution in [0.4, 0.5) is 4.39 Å². The van der Waals surface area contributed by atoms with E-state index in [0.29, 0.717) is 19.1 Å². The molecule has 0 aliphatic carbocycles. The quantitative estimate of drug-likeness (QED) is 0.111. The van der Waals surface area contributed by atoms with Crippen molar-refractivity contribution < 1.29 is 13.9 Å². The molecule has 33 heavy (non-hydrogen) atoms. The monoisotopic (exact) mass is 573 g/mol. The Balaban J connectivity index is 1.85. The van der Waals surface area contributed by atoms with Gasteiger partial charge in [0.2, 0.25) is 5.91 Å². The van der Waals surface area contributed by atoms with Crippen LogP contribution >= 0.6 is 22.6 Å². The Labute approximate surface area is 213 Å². The topological polar surface area (TPSA) is 45.1 Å². The van der Waals surface area contributed by atoms with Crippen molar-refractivity contribution in [3.8, 4) is 0 Å². The summed E-state index contributed by atoms with van der Waals surface area (Å²) < 4.78 is 20.8. The molecule has 0 radical (unpaired) electrons. The van der Waals surface area contributed by atoms with Crippen molar-refractivity contribution in [2.24, 2.45) is 10.9 Å². The highest BCUT2D eigenvalue weighted by Gasteiger charge is 2.25. The molecule has 0 spiro atoms. The third kappa shape index (κ3) is 9.89. The van der Waals surface area contributed by atoms with E-state index in [0.717, 1.165) is 78.1 Å². The van der Waals surface area contributed by atoms with Crippen LogP contribution < -0.4 is 0 Å². The molecule has 0 atom stereocenters. The molecule has 1 amide bonds. The standard InChI is InChI=1S/C26H41FIN3O2/c1-19(25(32)31-11-7-8-12-31)15-24(28)21(3)22(4)29-16-20(2)33-17-23-9-13-30(14-10-23)18-26(5,6)27/h15-16,23H,7-14,17-18H2,1-6H3/b19-15+,20-16+,24-21-,29-22+. The maximum absolute atomic E-state index is 13.8. The summed E-state index contributed by atoms with van der Waals surface area (Å²) in [6, 6.07) is 0. The van der Waals surface area contributed by atoms with Crippen molar-refractivity contribution in [2.45, 2.75) is 72.9 Å². The number of carbonyl (C=O) groups is 1. The molecule has 0 aromatic carbocycles. The number of carbonyl (C=O) groups excluding carboxylic acids is 1. The zero-order chi connectivity index (χ0) is 24.6. The lowest BCUT2D eigenvalue weighted by atomic mass is 9.97. The van der Waals surface area contributed by atoms with E-state index in [2.05, 4.69) is 32.5 Å². The molecule has 0 unspecified atom stereocenters. The van der Waals surface area contributed by atoms with Gasteiger partial charge in [-0.2, -0.15) is 0 Å². The molecule has 7 heteroatoms. The zero-order valence-electron chi connectivity index (χ0n) is 21.2. The third-order valence-corrected chi connectivity index (χ3v) is 7.39. The summed E-state index contributed by atoms with van der Waals surface area (Å²) in [6.07, 6.45) is 8.00. The number of hydrogen-bond donors (Lipinski definition) is 0. The molecule has 2 rings (SSSR count). The van der Waals surface area contributed by atoms with E-state index in [1.54, 1.807) is 20.0 Å². The number of ether oxygens (including phenoxy) is 1. The molecule has 186 valence electrons. The summed E-state index contributed by atoms with van der Waals surface area (Å²) >= 11 is 2.28. The molecule has 0 saturated carbocycles. The summed E-state index contributed by atoms with van der Waals surface area (Å²) in [5.41, 5.74) is 1.59. The first-order valence-electron chi connectivity index (χ1n) is 12.1. The summed E-state index contributed by atoms with van der Waals surface area (Å²) in [6.45, 7) is 15.9. The molecule has 0 N–H and O–H groups in total. The minimum Gasteiger partial charge on any atom is -0.496 e. The largest absolute Gasteiger partial charge is 0.496 e. The normalized spacial score (nSPS) is 20.8. The first-order valence-corrected chi connectivity index (χ1v) is 13.1. The van der Waals surface area contributed by atoms with Crippen LogP contribution in [-0.4, -0.2) is 66.4 Å². The number of aliphatic imine (C=N–C) groups is 1. The highest BCUT2D eigenvalue weighted by atomic mass is 127. The van der Waals surface area contributed by atoms with Crippen LogP contribution in [0, 0.1) is 5.92 Å². The van der Waals surface area contributed by atoms with Gasteiger partial charge in [0, 0.05) is 34.5 Å². The number of halogens is 2. The van der Waals surface area contributed by atoms with Gasteiger partial charge in [-0.05, 0) is 120 Å².